The largest absolute Gasteiger partial charge is 0.349 e. The first-order valence-corrected chi connectivity index (χ1v) is 10.1. The average Bonchev–Trinajstić information content (AvgIpc) is 3.43. The van der Waals surface area contributed by atoms with Crippen LogP contribution in [0.15, 0.2) is 42.5 Å². The average molecular weight is 426 g/mol. The van der Waals surface area contributed by atoms with Crippen molar-refractivity contribution < 1.29 is 9.59 Å². The molecule has 0 saturated heterocycles. The number of amides is 2. The number of carbonyl (C=O) groups excluding carboxylic acids is 2. The summed E-state index contributed by atoms with van der Waals surface area (Å²) in [5, 5.41) is 29.5. The smallest absolute Gasteiger partial charge is 0.272 e. The number of H-pyrrole nitrogens is 2. The molecule has 2 heterocycles. The Kier molecular flexibility index (Phi) is 4.84. The van der Waals surface area contributed by atoms with Gasteiger partial charge in [0.15, 0.2) is 5.82 Å². The van der Waals surface area contributed by atoms with E-state index >= 15 is 0 Å². The molecule has 0 atom stereocenters. The van der Waals surface area contributed by atoms with E-state index in [9.17, 15) is 14.9 Å². The summed E-state index contributed by atoms with van der Waals surface area (Å²) in [6, 6.07) is 14.1. The Bertz CT molecular complexity index is 1360. The summed E-state index contributed by atoms with van der Waals surface area (Å²) in [5.41, 5.74) is 3.01. The topological polar surface area (TPSA) is 152 Å². The molecule has 0 bridgehead atoms. The number of nitrogens with zero attached hydrogens (tertiary/aromatic N) is 4. The van der Waals surface area contributed by atoms with Crippen molar-refractivity contribution in [2.24, 2.45) is 5.92 Å². The third kappa shape index (κ3) is 3.56. The lowest BCUT2D eigenvalue weighted by atomic mass is 9.85. The molecule has 10 nitrogen and oxygen atoms in total. The van der Waals surface area contributed by atoms with Gasteiger partial charge in [0.05, 0.1) is 28.5 Å². The number of nitriles is 1. The molecule has 0 unspecified atom stereocenters. The highest BCUT2D eigenvalue weighted by Gasteiger charge is 2.25. The molecular formula is C22H18N8O2. The number of tetrazole rings is 1. The Hall–Kier alpha value is -4.52. The Balaban J connectivity index is 1.43. The van der Waals surface area contributed by atoms with Gasteiger partial charge in [-0.1, -0.05) is 18.6 Å². The van der Waals surface area contributed by atoms with Crippen LogP contribution in [-0.4, -0.2) is 37.4 Å². The van der Waals surface area contributed by atoms with Gasteiger partial charge in [0, 0.05) is 16.9 Å². The molecule has 1 aliphatic rings. The zero-order valence-corrected chi connectivity index (χ0v) is 16.8. The first kappa shape index (κ1) is 19.4. The number of aromatic amines is 2. The van der Waals surface area contributed by atoms with E-state index in [0.717, 1.165) is 24.6 Å². The molecule has 2 aromatic heterocycles. The molecule has 4 N–H and O–H groups in total. The lowest BCUT2D eigenvalue weighted by molar-refractivity contribution is -0.122. The maximum atomic E-state index is 13.0. The summed E-state index contributed by atoms with van der Waals surface area (Å²) in [7, 11) is 0. The molecular weight excluding hydrogens is 408 g/mol. The van der Waals surface area contributed by atoms with Crippen LogP contribution in [0.5, 0.6) is 0 Å². The number of hydrogen-bond acceptors (Lipinski definition) is 6. The van der Waals surface area contributed by atoms with Crippen LogP contribution in [0, 0.1) is 17.2 Å². The fourth-order valence-electron chi connectivity index (χ4n) is 3.67. The lowest BCUT2D eigenvalue weighted by Crippen LogP contribution is -2.28. The third-order valence-corrected chi connectivity index (χ3v) is 5.63. The summed E-state index contributed by atoms with van der Waals surface area (Å²) in [5.74, 6) is 0.0153. The van der Waals surface area contributed by atoms with Crippen molar-refractivity contribution >= 4 is 34.1 Å². The zero-order chi connectivity index (χ0) is 22.1. The van der Waals surface area contributed by atoms with Gasteiger partial charge in [-0.2, -0.15) is 5.26 Å². The standard InChI is InChI=1S/C22H18N8O2/c23-11-12-7-8-16(15(9-12)20-27-29-30-28-20)25-22(32)18-10-14-5-2-6-17(19(14)24-18)26-21(31)13-3-1-4-13/h2,5-10,13,24H,1,3-4H2,(H,25,32)(H,26,31)(H,27,28,29,30). The minimum absolute atomic E-state index is 0.00671. The Labute approximate surface area is 182 Å². The van der Waals surface area contributed by atoms with Crippen LogP contribution < -0.4 is 10.6 Å². The van der Waals surface area contributed by atoms with Crippen molar-refractivity contribution in [3.8, 4) is 17.5 Å². The molecule has 0 spiro atoms. The van der Waals surface area contributed by atoms with E-state index in [1.807, 2.05) is 18.2 Å². The summed E-state index contributed by atoms with van der Waals surface area (Å²) in [6.07, 6.45) is 2.90. The van der Waals surface area contributed by atoms with Crippen LogP contribution in [0.25, 0.3) is 22.3 Å². The monoisotopic (exact) mass is 426 g/mol. The SMILES string of the molecule is N#Cc1ccc(NC(=O)c2cc3cccc(NC(=O)C4CCC4)c3[nH]2)c(-c2nnn[nH]2)c1. The molecule has 4 aromatic rings. The number of anilines is 2. The fraction of sp³-hybridized carbons (Fsp3) is 0.182. The maximum absolute atomic E-state index is 13.0. The van der Waals surface area contributed by atoms with Gasteiger partial charge in [0.1, 0.15) is 5.69 Å². The molecule has 10 heteroatoms. The van der Waals surface area contributed by atoms with Crippen LogP contribution in [0.4, 0.5) is 11.4 Å². The van der Waals surface area contributed by atoms with E-state index < -0.39 is 0 Å². The summed E-state index contributed by atoms with van der Waals surface area (Å²) in [4.78, 5) is 28.5. The molecule has 1 fully saturated rings. The second-order valence-electron chi connectivity index (χ2n) is 7.65. The highest BCUT2D eigenvalue weighted by molar-refractivity contribution is 6.09. The quantitative estimate of drug-likeness (QED) is 0.384. The van der Waals surface area contributed by atoms with E-state index in [4.69, 9.17) is 0 Å². The van der Waals surface area contributed by atoms with Crippen LogP contribution >= 0.6 is 0 Å². The van der Waals surface area contributed by atoms with Crippen molar-refractivity contribution in [3.05, 3.63) is 53.7 Å². The fourth-order valence-corrected chi connectivity index (χ4v) is 3.67. The van der Waals surface area contributed by atoms with Crippen molar-refractivity contribution in [2.45, 2.75) is 19.3 Å². The Morgan fingerprint density at radius 3 is 2.69 bits per heavy atom. The molecule has 158 valence electrons. The zero-order valence-electron chi connectivity index (χ0n) is 16.8. The van der Waals surface area contributed by atoms with E-state index in [-0.39, 0.29) is 17.7 Å². The van der Waals surface area contributed by atoms with Gasteiger partial charge in [-0.3, -0.25) is 9.59 Å². The van der Waals surface area contributed by atoms with Gasteiger partial charge < -0.3 is 15.6 Å². The van der Waals surface area contributed by atoms with Crippen molar-refractivity contribution in [1.29, 1.82) is 5.26 Å². The summed E-state index contributed by atoms with van der Waals surface area (Å²) >= 11 is 0. The minimum Gasteiger partial charge on any atom is -0.349 e. The number of carbonyl (C=O) groups is 2. The first-order chi connectivity index (χ1) is 15.6. The predicted molar refractivity (Wildman–Crippen MR) is 117 cm³/mol. The van der Waals surface area contributed by atoms with Crippen LogP contribution in [0.2, 0.25) is 0 Å². The normalized spacial score (nSPS) is 13.3. The number of rotatable bonds is 5. The second kappa shape index (κ2) is 7.96. The Morgan fingerprint density at radius 1 is 1.09 bits per heavy atom. The number of hydrogen-bond donors (Lipinski definition) is 4. The lowest BCUT2D eigenvalue weighted by Gasteiger charge is -2.24. The van der Waals surface area contributed by atoms with Crippen LogP contribution in [0.3, 0.4) is 0 Å². The molecule has 0 aliphatic heterocycles. The summed E-state index contributed by atoms with van der Waals surface area (Å²) < 4.78 is 0. The maximum Gasteiger partial charge on any atom is 0.272 e. The van der Waals surface area contributed by atoms with Crippen molar-refractivity contribution in [3.63, 3.8) is 0 Å². The second-order valence-corrected chi connectivity index (χ2v) is 7.65. The molecule has 1 aliphatic carbocycles. The Morgan fingerprint density at radius 2 is 1.97 bits per heavy atom. The van der Waals surface area contributed by atoms with E-state index in [2.05, 4.69) is 42.3 Å². The number of nitrogens with one attached hydrogen (secondary N) is 4. The highest BCUT2D eigenvalue weighted by Crippen LogP contribution is 2.30. The van der Waals surface area contributed by atoms with E-state index in [1.54, 1.807) is 24.3 Å². The number of benzene rings is 2. The van der Waals surface area contributed by atoms with E-state index in [1.165, 1.54) is 0 Å². The van der Waals surface area contributed by atoms with Gasteiger partial charge in [0.25, 0.3) is 5.91 Å². The van der Waals surface area contributed by atoms with Gasteiger partial charge >= 0.3 is 0 Å². The molecule has 2 aromatic carbocycles. The molecule has 32 heavy (non-hydrogen) atoms. The van der Waals surface area contributed by atoms with Gasteiger partial charge in [0.2, 0.25) is 5.91 Å². The van der Waals surface area contributed by atoms with Gasteiger partial charge in [-0.25, -0.2) is 5.10 Å². The molecule has 0 radical (unpaired) electrons. The van der Waals surface area contributed by atoms with Crippen molar-refractivity contribution in [1.82, 2.24) is 25.6 Å². The minimum atomic E-state index is -0.379. The van der Waals surface area contributed by atoms with Gasteiger partial charge in [-0.05, 0) is 53.6 Å². The van der Waals surface area contributed by atoms with Crippen LogP contribution in [0.1, 0.15) is 35.3 Å². The van der Waals surface area contributed by atoms with Gasteiger partial charge in [-0.15, -0.1) is 5.10 Å². The first-order valence-electron chi connectivity index (χ1n) is 10.1. The molecule has 2 amide bonds. The number of fused-ring (bicyclic) bond motifs is 1. The summed E-state index contributed by atoms with van der Waals surface area (Å²) in [6.45, 7) is 0. The third-order valence-electron chi connectivity index (χ3n) is 5.63. The van der Waals surface area contributed by atoms with E-state index in [0.29, 0.717) is 39.5 Å². The predicted octanol–water partition coefficient (Wildman–Crippen LogP) is 3.21. The van der Waals surface area contributed by atoms with Crippen molar-refractivity contribution in [2.75, 3.05) is 10.6 Å². The molecule has 1 saturated carbocycles. The highest BCUT2D eigenvalue weighted by atomic mass is 16.2. The number of aromatic nitrogens is 5. The number of para-hydroxylation sites is 1. The van der Waals surface area contributed by atoms with Crippen LogP contribution in [-0.2, 0) is 4.79 Å². The molecule has 5 rings (SSSR count).